The van der Waals surface area contributed by atoms with Gasteiger partial charge in [-0.2, -0.15) is 3.89 Å². The van der Waals surface area contributed by atoms with Gasteiger partial charge in [-0.05, 0) is 0 Å². The van der Waals surface area contributed by atoms with E-state index in [0.29, 0.717) is 37.7 Å². The molecule has 0 aromatic heterocycles. The Morgan fingerprint density at radius 3 is 2.00 bits per heavy atom. The van der Waals surface area contributed by atoms with Gasteiger partial charge in [0.25, 0.3) is 0 Å². The third-order valence-corrected chi connectivity index (χ3v) is 6.88. The molecule has 4 nitrogen and oxygen atoms in total. The average molecular weight is 329 g/mol. The number of halogens is 1. The molecule has 1 aliphatic rings. The first-order valence-electron chi connectivity index (χ1n) is 4.34. The quantitative estimate of drug-likeness (QED) is 0.368. The fourth-order valence-corrected chi connectivity index (χ4v) is 6.20. The monoisotopic (exact) mass is 330 g/mol. The Morgan fingerprint density at radius 2 is 1.62 bits per heavy atom. The summed E-state index contributed by atoms with van der Waals surface area (Å²) in [6.45, 7) is 1.16. The molecule has 0 spiro atoms. The van der Waals surface area contributed by atoms with E-state index in [0.717, 1.165) is 11.5 Å². The summed E-state index contributed by atoms with van der Waals surface area (Å²) in [5, 5.41) is 0. The second-order valence-corrected chi connectivity index (χ2v) is 7.22. The van der Waals surface area contributed by atoms with E-state index < -0.39 is 0 Å². The van der Waals surface area contributed by atoms with Gasteiger partial charge in [-0.15, -0.1) is 0 Å². The van der Waals surface area contributed by atoms with Crippen molar-refractivity contribution in [3.8, 4) is 0 Å². The van der Waals surface area contributed by atoms with Crippen LogP contribution in [0.1, 0.15) is 0 Å². The Bertz CT molecular complexity index is 257. The molecule has 1 heterocycles. The molecule has 2 unspecified atom stereocenters. The van der Waals surface area contributed by atoms with E-state index >= 15 is 0 Å². The average Bonchev–Trinajstić information content (AvgIpc) is 2.37. The Labute approximate surface area is 109 Å². The van der Waals surface area contributed by atoms with Crippen LogP contribution in [0, 0.1) is 0 Å². The predicted molar refractivity (Wildman–Crippen MR) is 66.7 cm³/mol. The molecular formula is C8H11FN2O2S2Se. The summed E-state index contributed by atoms with van der Waals surface area (Å²) in [5.41, 5.74) is 0. The molecule has 0 radical (unpaired) electrons. The van der Waals surface area contributed by atoms with E-state index in [2.05, 4.69) is 9.98 Å². The van der Waals surface area contributed by atoms with Gasteiger partial charge in [0, 0.05) is 13.0 Å². The summed E-state index contributed by atoms with van der Waals surface area (Å²) < 4.78 is 9.19. The van der Waals surface area contributed by atoms with Crippen LogP contribution in [0.4, 0.5) is 3.89 Å². The number of carbonyl (C=O) groups excluding carboxylic acids is 2. The van der Waals surface area contributed by atoms with Crippen molar-refractivity contribution in [2.75, 3.05) is 24.6 Å². The molecule has 0 bridgehead atoms. The molecule has 0 N–H and O–H groups in total. The molecule has 0 aliphatic carbocycles. The summed E-state index contributed by atoms with van der Waals surface area (Å²) in [6, 6.07) is 0. The van der Waals surface area contributed by atoms with Crippen LogP contribution in [0.25, 0.3) is 0 Å². The molecule has 1 rings (SSSR count). The summed E-state index contributed by atoms with van der Waals surface area (Å²) >= 11 is 4.30. The van der Waals surface area contributed by atoms with Crippen LogP contribution in [0.5, 0.6) is 0 Å². The van der Waals surface area contributed by atoms with Gasteiger partial charge in [0.05, 0.1) is 0 Å². The molecule has 90 valence electrons. The second-order valence-electron chi connectivity index (χ2n) is 2.78. The van der Waals surface area contributed by atoms with Gasteiger partial charge in [0.2, 0.25) is 0 Å². The van der Waals surface area contributed by atoms with E-state index in [1.54, 1.807) is 12.2 Å². The van der Waals surface area contributed by atoms with Gasteiger partial charge in [0.1, 0.15) is 0 Å². The standard InChI is InChI=1S/C8H10N2O2SSe.FHS/c11-5-9-1-7-3-13-4-8(14-7)2-10-6-12;1-2/h7-8H,1-4H2;2H. The van der Waals surface area contributed by atoms with E-state index in [4.69, 9.17) is 0 Å². The zero-order chi connectivity index (χ0) is 12.2. The first-order chi connectivity index (χ1) is 7.86. The topological polar surface area (TPSA) is 58.9 Å². The molecule has 0 aromatic rings. The van der Waals surface area contributed by atoms with Crippen LogP contribution < -0.4 is 0 Å². The number of rotatable bonds is 4. The summed E-state index contributed by atoms with van der Waals surface area (Å²) in [5.74, 6) is 2.12. The van der Waals surface area contributed by atoms with E-state index in [1.807, 2.05) is 24.8 Å². The first kappa shape index (κ1) is 15.9. The molecule has 0 saturated carbocycles. The van der Waals surface area contributed by atoms with Crippen LogP contribution >= 0.6 is 24.8 Å². The number of thiol groups is 1. The van der Waals surface area contributed by atoms with Crippen LogP contribution in [0.2, 0.25) is 9.63 Å². The Balaban J connectivity index is 0.00000106. The van der Waals surface area contributed by atoms with E-state index in [9.17, 15) is 13.5 Å². The zero-order valence-electron chi connectivity index (χ0n) is 8.34. The van der Waals surface area contributed by atoms with Gasteiger partial charge in [-0.3, -0.25) is 0 Å². The van der Waals surface area contributed by atoms with Crippen molar-refractivity contribution >= 4 is 51.9 Å². The normalized spacial score (nSPS) is 23.1. The number of aliphatic imine (C=N–C) groups is 2. The van der Waals surface area contributed by atoms with Crippen molar-refractivity contribution in [2.24, 2.45) is 9.98 Å². The fraction of sp³-hybridized carbons (Fsp3) is 0.750. The number of hydrogen-bond acceptors (Lipinski definition) is 6. The van der Waals surface area contributed by atoms with Crippen LogP contribution in [0.15, 0.2) is 9.98 Å². The van der Waals surface area contributed by atoms with Crippen molar-refractivity contribution in [3.05, 3.63) is 0 Å². The molecule has 1 fully saturated rings. The van der Waals surface area contributed by atoms with Crippen molar-refractivity contribution in [1.29, 1.82) is 0 Å². The minimum absolute atomic E-state index is 0.423. The summed E-state index contributed by atoms with van der Waals surface area (Å²) in [4.78, 5) is 28.1. The Morgan fingerprint density at radius 1 is 1.19 bits per heavy atom. The number of hydrogen-bond donors (Lipinski definition) is 1. The Kier molecular flexibility index (Phi) is 11.3. The SMILES string of the molecule is FS.O=C=NCC1CSCC(CN=C=O)[Se]1. The molecule has 0 amide bonds. The maximum absolute atomic E-state index is 9.94. The molecule has 8 heteroatoms. The molecule has 2 atom stereocenters. The molecule has 1 aliphatic heterocycles. The van der Waals surface area contributed by atoms with Crippen molar-refractivity contribution in [1.82, 2.24) is 0 Å². The van der Waals surface area contributed by atoms with Crippen LogP contribution in [-0.4, -0.2) is 51.7 Å². The van der Waals surface area contributed by atoms with Crippen molar-refractivity contribution in [2.45, 2.75) is 9.63 Å². The second kappa shape index (κ2) is 11.4. The third-order valence-electron chi connectivity index (χ3n) is 1.71. The summed E-state index contributed by atoms with van der Waals surface area (Å²) in [7, 11) is 0. The molecule has 0 aromatic carbocycles. The van der Waals surface area contributed by atoms with Crippen molar-refractivity contribution in [3.63, 3.8) is 0 Å². The van der Waals surface area contributed by atoms with Crippen LogP contribution in [0.3, 0.4) is 0 Å². The van der Waals surface area contributed by atoms with Crippen molar-refractivity contribution < 1.29 is 13.5 Å². The number of isocyanates is 2. The van der Waals surface area contributed by atoms with Gasteiger partial charge >= 0.3 is 92.7 Å². The Hall–Kier alpha value is -0.0905. The maximum atomic E-state index is 9.94. The first-order valence-corrected chi connectivity index (χ1v) is 7.81. The van der Waals surface area contributed by atoms with Crippen LogP contribution in [-0.2, 0) is 9.59 Å². The van der Waals surface area contributed by atoms with E-state index in [1.165, 1.54) is 0 Å². The van der Waals surface area contributed by atoms with E-state index in [-0.39, 0.29) is 0 Å². The number of nitrogens with zero attached hydrogens (tertiary/aromatic N) is 2. The fourth-order valence-electron chi connectivity index (χ4n) is 1.15. The number of thioether (sulfide) groups is 1. The molecule has 16 heavy (non-hydrogen) atoms. The summed E-state index contributed by atoms with van der Waals surface area (Å²) in [6.07, 6.45) is 3.13. The van der Waals surface area contributed by atoms with Gasteiger partial charge < -0.3 is 0 Å². The third kappa shape index (κ3) is 7.23. The van der Waals surface area contributed by atoms with Gasteiger partial charge in [-0.25, -0.2) is 0 Å². The molecular weight excluding hydrogens is 318 g/mol. The van der Waals surface area contributed by atoms with Gasteiger partial charge in [0.15, 0.2) is 0 Å². The predicted octanol–water partition coefficient (Wildman–Crippen LogP) is 1.49. The van der Waals surface area contributed by atoms with Gasteiger partial charge in [-0.1, -0.05) is 0 Å². The zero-order valence-corrected chi connectivity index (χ0v) is 11.8. The molecule has 1 saturated heterocycles. The minimum atomic E-state index is 0.423.